The van der Waals surface area contributed by atoms with Gasteiger partial charge in [0.2, 0.25) is 5.91 Å². The summed E-state index contributed by atoms with van der Waals surface area (Å²) >= 11 is 0. The second-order valence-corrected chi connectivity index (χ2v) is 7.39. The first-order chi connectivity index (χ1) is 14.4. The number of fused-ring (bicyclic) bond motifs is 1. The van der Waals surface area contributed by atoms with Gasteiger partial charge in [-0.05, 0) is 36.6 Å². The van der Waals surface area contributed by atoms with Crippen molar-refractivity contribution in [1.82, 2.24) is 9.97 Å². The molecule has 8 nitrogen and oxygen atoms in total. The van der Waals surface area contributed by atoms with E-state index in [2.05, 4.69) is 20.6 Å². The van der Waals surface area contributed by atoms with Gasteiger partial charge in [0.1, 0.15) is 11.9 Å². The van der Waals surface area contributed by atoms with Gasteiger partial charge in [-0.2, -0.15) is 0 Å². The third-order valence-electron chi connectivity index (χ3n) is 5.03. The molecule has 1 saturated carbocycles. The van der Waals surface area contributed by atoms with Crippen LogP contribution in [0.4, 0.5) is 21.7 Å². The number of carbonyl (C=O) groups is 2. The Labute approximate surface area is 171 Å². The predicted octanol–water partition coefficient (Wildman–Crippen LogP) is 2.68. The maximum atomic E-state index is 14.6. The molecule has 1 aliphatic rings. The summed E-state index contributed by atoms with van der Waals surface area (Å²) in [5.41, 5.74) is 12.1. The fourth-order valence-corrected chi connectivity index (χ4v) is 3.25. The van der Waals surface area contributed by atoms with Gasteiger partial charge in [0.15, 0.2) is 11.6 Å². The summed E-state index contributed by atoms with van der Waals surface area (Å²) < 4.78 is 14.6. The van der Waals surface area contributed by atoms with E-state index in [0.29, 0.717) is 18.0 Å². The summed E-state index contributed by atoms with van der Waals surface area (Å²) in [6.07, 6.45) is 4.21. The van der Waals surface area contributed by atoms with Crippen molar-refractivity contribution < 1.29 is 14.0 Å². The molecule has 6 N–H and O–H groups in total. The summed E-state index contributed by atoms with van der Waals surface area (Å²) in [7, 11) is 0. The number of nitrogens with two attached hydrogens (primary N) is 2. The zero-order chi connectivity index (χ0) is 21.3. The molecule has 0 spiro atoms. The Kier molecular flexibility index (Phi) is 5.18. The minimum Gasteiger partial charge on any atom is -0.368 e. The first-order valence-corrected chi connectivity index (χ1v) is 9.58. The van der Waals surface area contributed by atoms with Gasteiger partial charge in [-0.1, -0.05) is 25.0 Å². The van der Waals surface area contributed by atoms with Crippen LogP contribution in [0.5, 0.6) is 0 Å². The van der Waals surface area contributed by atoms with E-state index in [-0.39, 0.29) is 17.2 Å². The number of carbonyl (C=O) groups excluding carboxylic acids is 2. The minimum atomic E-state index is -0.834. The molecule has 154 valence electrons. The predicted molar refractivity (Wildman–Crippen MR) is 112 cm³/mol. The highest BCUT2D eigenvalue weighted by Crippen LogP contribution is 2.34. The van der Waals surface area contributed by atoms with E-state index in [1.165, 1.54) is 0 Å². The molecule has 2 heterocycles. The number of nitrogens with zero attached hydrogens (tertiary/aromatic N) is 2. The van der Waals surface area contributed by atoms with Crippen LogP contribution in [-0.2, 0) is 4.79 Å². The van der Waals surface area contributed by atoms with E-state index in [1.54, 1.807) is 18.3 Å². The SMILES string of the molecule is NC(=O)c1cc(F)c(NC(CC2CC2)C(N)=O)nc1Nc1ccc2cccnc2c1. The number of halogens is 1. The Morgan fingerprint density at radius 1 is 1.17 bits per heavy atom. The lowest BCUT2D eigenvalue weighted by Crippen LogP contribution is -2.36. The fourth-order valence-electron chi connectivity index (χ4n) is 3.25. The number of hydrogen-bond acceptors (Lipinski definition) is 6. The number of primary amides is 2. The van der Waals surface area contributed by atoms with Crippen molar-refractivity contribution in [3.8, 4) is 0 Å². The van der Waals surface area contributed by atoms with Crippen molar-refractivity contribution in [3.05, 3.63) is 54.0 Å². The smallest absolute Gasteiger partial charge is 0.252 e. The first-order valence-electron chi connectivity index (χ1n) is 9.58. The van der Waals surface area contributed by atoms with E-state index in [0.717, 1.165) is 29.8 Å². The van der Waals surface area contributed by atoms with Gasteiger partial charge >= 0.3 is 0 Å². The molecule has 1 atom stereocenters. The molecule has 0 bridgehead atoms. The number of anilines is 3. The summed E-state index contributed by atoms with van der Waals surface area (Å²) in [6.45, 7) is 0. The highest BCUT2D eigenvalue weighted by Gasteiger charge is 2.29. The molecule has 1 unspecified atom stereocenters. The van der Waals surface area contributed by atoms with Gasteiger partial charge in [-0.3, -0.25) is 14.6 Å². The second-order valence-electron chi connectivity index (χ2n) is 7.39. The van der Waals surface area contributed by atoms with Crippen molar-refractivity contribution in [1.29, 1.82) is 0 Å². The summed E-state index contributed by atoms with van der Waals surface area (Å²) in [4.78, 5) is 32.1. The topological polar surface area (TPSA) is 136 Å². The average molecular weight is 408 g/mol. The zero-order valence-corrected chi connectivity index (χ0v) is 16.1. The molecule has 3 aromatic rings. The maximum absolute atomic E-state index is 14.6. The number of nitrogens with one attached hydrogen (secondary N) is 2. The molecule has 0 radical (unpaired) electrons. The van der Waals surface area contributed by atoms with E-state index < -0.39 is 23.7 Å². The van der Waals surface area contributed by atoms with Crippen molar-refractivity contribution in [3.63, 3.8) is 0 Å². The van der Waals surface area contributed by atoms with E-state index in [1.807, 2.05) is 18.2 Å². The van der Waals surface area contributed by atoms with E-state index in [9.17, 15) is 14.0 Å². The largest absolute Gasteiger partial charge is 0.368 e. The van der Waals surface area contributed by atoms with E-state index in [4.69, 9.17) is 11.5 Å². The molecular formula is C21H21FN6O2. The van der Waals surface area contributed by atoms with Crippen molar-refractivity contribution in [2.45, 2.75) is 25.3 Å². The summed E-state index contributed by atoms with van der Waals surface area (Å²) in [5, 5.41) is 6.71. The number of hydrogen-bond donors (Lipinski definition) is 4. The third-order valence-corrected chi connectivity index (χ3v) is 5.03. The number of amides is 2. The van der Waals surface area contributed by atoms with Crippen molar-refractivity contribution in [2.75, 3.05) is 10.6 Å². The van der Waals surface area contributed by atoms with Crippen LogP contribution in [0.25, 0.3) is 10.9 Å². The molecule has 0 saturated heterocycles. The van der Waals surface area contributed by atoms with Crippen LogP contribution in [0.15, 0.2) is 42.6 Å². The second kappa shape index (κ2) is 7.94. The molecule has 2 aromatic heterocycles. The Bertz CT molecular complexity index is 1130. The average Bonchev–Trinajstić information content (AvgIpc) is 3.53. The van der Waals surface area contributed by atoms with Gasteiger partial charge < -0.3 is 22.1 Å². The monoisotopic (exact) mass is 408 g/mol. The highest BCUT2D eigenvalue weighted by molar-refractivity contribution is 5.99. The molecular weight excluding hydrogens is 387 g/mol. The molecule has 30 heavy (non-hydrogen) atoms. The fraction of sp³-hybridized carbons (Fsp3) is 0.238. The Balaban J connectivity index is 1.66. The number of pyridine rings is 2. The highest BCUT2D eigenvalue weighted by atomic mass is 19.1. The number of benzene rings is 1. The van der Waals surface area contributed by atoms with Crippen LogP contribution in [0.2, 0.25) is 0 Å². The Morgan fingerprint density at radius 3 is 2.67 bits per heavy atom. The normalized spacial score (nSPS) is 14.3. The van der Waals surface area contributed by atoms with Gasteiger partial charge in [-0.25, -0.2) is 9.37 Å². The van der Waals surface area contributed by atoms with Gasteiger partial charge in [0, 0.05) is 17.3 Å². The van der Waals surface area contributed by atoms with Gasteiger partial charge in [0.05, 0.1) is 11.1 Å². The van der Waals surface area contributed by atoms with Crippen LogP contribution >= 0.6 is 0 Å². The lowest BCUT2D eigenvalue weighted by atomic mass is 10.1. The quantitative estimate of drug-likeness (QED) is 0.452. The van der Waals surface area contributed by atoms with Crippen molar-refractivity contribution >= 4 is 40.0 Å². The molecule has 4 rings (SSSR count). The molecule has 0 aliphatic heterocycles. The standard InChI is InChI=1S/C21H21FN6O2/c22-15-10-14(18(23)29)20(26-13-6-5-12-2-1-7-25-16(12)9-13)28-21(15)27-17(19(24)30)8-11-3-4-11/h1-2,5-7,9-11,17H,3-4,8H2,(H2,23,29)(H2,24,30)(H2,26,27,28). The lowest BCUT2D eigenvalue weighted by molar-refractivity contribution is -0.118. The van der Waals surface area contributed by atoms with Crippen LogP contribution < -0.4 is 22.1 Å². The zero-order valence-electron chi connectivity index (χ0n) is 16.1. The first kappa shape index (κ1) is 19.6. The number of rotatable bonds is 8. The minimum absolute atomic E-state index is 0.0660. The van der Waals surface area contributed by atoms with E-state index >= 15 is 0 Å². The summed E-state index contributed by atoms with van der Waals surface area (Å²) in [5.74, 6) is -1.93. The van der Waals surface area contributed by atoms with Crippen LogP contribution in [-0.4, -0.2) is 27.8 Å². The van der Waals surface area contributed by atoms with Crippen molar-refractivity contribution in [2.24, 2.45) is 17.4 Å². The van der Waals surface area contributed by atoms with Crippen LogP contribution in [0, 0.1) is 11.7 Å². The molecule has 1 fully saturated rings. The van der Waals surface area contributed by atoms with Crippen LogP contribution in [0.1, 0.15) is 29.6 Å². The number of aromatic nitrogens is 2. The molecule has 1 aliphatic carbocycles. The Morgan fingerprint density at radius 2 is 1.97 bits per heavy atom. The Hall–Kier alpha value is -3.75. The lowest BCUT2D eigenvalue weighted by Gasteiger charge is -2.18. The third kappa shape index (κ3) is 4.29. The molecule has 1 aromatic carbocycles. The van der Waals surface area contributed by atoms with Gasteiger partial charge in [0.25, 0.3) is 5.91 Å². The maximum Gasteiger partial charge on any atom is 0.252 e. The molecule has 9 heteroatoms. The van der Waals surface area contributed by atoms with Crippen LogP contribution in [0.3, 0.4) is 0 Å². The molecule has 2 amide bonds. The summed E-state index contributed by atoms with van der Waals surface area (Å²) in [6, 6.07) is 9.41. The van der Waals surface area contributed by atoms with Gasteiger partial charge in [-0.15, -0.1) is 0 Å².